The second kappa shape index (κ2) is 3.89. The van der Waals surface area contributed by atoms with Crippen LogP contribution in [0.1, 0.15) is 0 Å². The Labute approximate surface area is 71.9 Å². The van der Waals surface area contributed by atoms with Crippen molar-refractivity contribution in [2.24, 2.45) is 0 Å². The molecule has 0 amide bonds. The minimum atomic E-state index is -4.53. The van der Waals surface area contributed by atoms with E-state index in [4.69, 9.17) is 9.30 Å². The standard InChI is InChI=1S/C6H8AsNO4/c9-7(10,12-8-11)6-4-2-1-3-5-6/h1-5,8,11H,(H,9,10). The molecule has 0 saturated heterocycles. The first-order chi connectivity index (χ1) is 5.67. The van der Waals surface area contributed by atoms with E-state index >= 15 is 0 Å². The molecule has 12 heavy (non-hydrogen) atoms. The molecule has 0 aromatic heterocycles. The second-order valence-electron chi connectivity index (χ2n) is 2.04. The molecule has 0 spiro atoms. The van der Waals surface area contributed by atoms with E-state index in [-0.39, 0.29) is 4.35 Å². The van der Waals surface area contributed by atoms with Gasteiger partial charge in [0.15, 0.2) is 0 Å². The summed E-state index contributed by atoms with van der Waals surface area (Å²) >= 11 is -4.53. The Bertz CT molecular complexity index is 289. The maximum atomic E-state index is 11.2. The van der Waals surface area contributed by atoms with Crippen molar-refractivity contribution in [3.8, 4) is 0 Å². The molecule has 0 aliphatic carbocycles. The summed E-state index contributed by atoms with van der Waals surface area (Å²) < 4.78 is 24.6. The zero-order valence-corrected chi connectivity index (χ0v) is 7.92. The molecule has 1 rings (SSSR count). The van der Waals surface area contributed by atoms with E-state index in [9.17, 15) is 3.74 Å². The van der Waals surface area contributed by atoms with Crippen LogP contribution >= 0.6 is 0 Å². The van der Waals surface area contributed by atoms with E-state index < -0.39 is 14.2 Å². The van der Waals surface area contributed by atoms with Crippen LogP contribution in [-0.4, -0.2) is 23.5 Å². The molecule has 0 aliphatic rings. The van der Waals surface area contributed by atoms with Crippen molar-refractivity contribution in [3.05, 3.63) is 30.3 Å². The molecule has 1 atom stereocenters. The SMILES string of the molecule is O=[As](O)(ONO)c1ccccc1. The van der Waals surface area contributed by atoms with Crippen LogP contribution < -0.4 is 9.99 Å². The Kier molecular flexibility index (Phi) is 3.08. The molecule has 1 aromatic rings. The fourth-order valence-electron chi connectivity index (χ4n) is 0.724. The molecule has 1 unspecified atom stereocenters. The Balaban J connectivity index is 2.90. The predicted octanol–water partition coefficient (Wildman–Crippen LogP) is -0.834. The van der Waals surface area contributed by atoms with Crippen molar-refractivity contribution >= 4 is 18.5 Å². The van der Waals surface area contributed by atoms with Crippen LogP contribution in [-0.2, 0) is 7.57 Å². The van der Waals surface area contributed by atoms with Gasteiger partial charge in [0, 0.05) is 0 Å². The third kappa shape index (κ3) is 2.20. The molecule has 6 heteroatoms. The number of hydrogen-bond donors (Lipinski definition) is 3. The van der Waals surface area contributed by atoms with Crippen LogP contribution in [0.3, 0.4) is 0 Å². The third-order valence-corrected chi connectivity index (χ3v) is 3.93. The summed E-state index contributed by atoms with van der Waals surface area (Å²) in [6.07, 6.45) is 0. The Morgan fingerprint density at radius 3 is 2.42 bits per heavy atom. The quantitative estimate of drug-likeness (QED) is 0.469. The van der Waals surface area contributed by atoms with Gasteiger partial charge in [-0.15, -0.1) is 0 Å². The number of rotatable bonds is 3. The van der Waals surface area contributed by atoms with Crippen LogP contribution in [0, 0.1) is 0 Å². The first kappa shape index (κ1) is 9.51. The molecule has 0 radical (unpaired) electrons. The molecule has 0 aliphatic heterocycles. The van der Waals surface area contributed by atoms with Crippen molar-refractivity contribution in [2.45, 2.75) is 0 Å². The average molecular weight is 233 g/mol. The summed E-state index contributed by atoms with van der Waals surface area (Å²) in [4.78, 5) is 0. The summed E-state index contributed by atoms with van der Waals surface area (Å²) in [6.45, 7) is 0. The zero-order valence-electron chi connectivity index (χ0n) is 6.04. The molecular formula is C6H8AsNO4. The van der Waals surface area contributed by atoms with E-state index in [1.165, 1.54) is 17.8 Å². The van der Waals surface area contributed by atoms with Gasteiger partial charge >= 0.3 is 71.4 Å². The van der Waals surface area contributed by atoms with Crippen LogP contribution in [0.2, 0.25) is 0 Å². The van der Waals surface area contributed by atoms with Gasteiger partial charge in [0.1, 0.15) is 0 Å². The van der Waals surface area contributed by atoms with Crippen LogP contribution in [0.15, 0.2) is 30.3 Å². The average Bonchev–Trinajstić information content (AvgIpc) is 2.06. The Morgan fingerprint density at radius 2 is 1.92 bits per heavy atom. The van der Waals surface area contributed by atoms with Crippen molar-refractivity contribution < 1.29 is 16.9 Å². The van der Waals surface area contributed by atoms with E-state index in [1.54, 1.807) is 18.2 Å². The van der Waals surface area contributed by atoms with Gasteiger partial charge in [0.25, 0.3) is 0 Å². The van der Waals surface area contributed by atoms with E-state index in [1.807, 2.05) is 0 Å². The Morgan fingerprint density at radius 1 is 1.33 bits per heavy atom. The van der Waals surface area contributed by atoms with E-state index in [2.05, 4.69) is 3.83 Å². The molecule has 0 saturated carbocycles. The van der Waals surface area contributed by atoms with Crippen LogP contribution in [0.25, 0.3) is 0 Å². The third-order valence-electron chi connectivity index (χ3n) is 1.25. The van der Waals surface area contributed by atoms with Gasteiger partial charge in [0.2, 0.25) is 0 Å². The second-order valence-corrected chi connectivity index (χ2v) is 5.69. The molecule has 0 fully saturated rings. The van der Waals surface area contributed by atoms with Gasteiger partial charge in [-0.25, -0.2) is 0 Å². The molecule has 0 bridgehead atoms. The fraction of sp³-hybridized carbons (Fsp3) is 0. The number of hydrogen-bond acceptors (Lipinski definition) is 4. The summed E-state index contributed by atoms with van der Waals surface area (Å²) in [5.74, 6) is 0. The number of nitrogens with one attached hydrogen (secondary N) is 1. The van der Waals surface area contributed by atoms with Crippen LogP contribution in [0.4, 0.5) is 0 Å². The first-order valence-corrected chi connectivity index (χ1v) is 6.44. The predicted molar refractivity (Wildman–Crippen MR) is 40.7 cm³/mol. The maximum absolute atomic E-state index is 11.2. The molecule has 5 nitrogen and oxygen atoms in total. The molecule has 0 heterocycles. The van der Waals surface area contributed by atoms with Gasteiger partial charge in [-0.05, 0) is 0 Å². The van der Waals surface area contributed by atoms with E-state index in [0.717, 1.165) is 0 Å². The molecule has 1 aromatic carbocycles. The fourth-order valence-corrected chi connectivity index (χ4v) is 2.33. The van der Waals surface area contributed by atoms with Crippen molar-refractivity contribution in [2.75, 3.05) is 0 Å². The van der Waals surface area contributed by atoms with Gasteiger partial charge < -0.3 is 0 Å². The molecule has 3 N–H and O–H groups in total. The molecular weight excluding hydrogens is 225 g/mol. The van der Waals surface area contributed by atoms with Gasteiger partial charge in [-0.2, -0.15) is 0 Å². The number of benzene rings is 1. The molecule has 66 valence electrons. The van der Waals surface area contributed by atoms with Gasteiger partial charge in [0.05, 0.1) is 0 Å². The topological polar surface area (TPSA) is 78.8 Å². The van der Waals surface area contributed by atoms with Crippen molar-refractivity contribution in [1.29, 1.82) is 0 Å². The normalized spacial score (nSPS) is 15.5. The Hall–Kier alpha value is -0.582. The first-order valence-electron chi connectivity index (χ1n) is 3.13. The van der Waals surface area contributed by atoms with Crippen molar-refractivity contribution in [1.82, 2.24) is 5.64 Å². The zero-order chi connectivity index (χ0) is 9.03. The van der Waals surface area contributed by atoms with Gasteiger partial charge in [-0.1, -0.05) is 0 Å². The summed E-state index contributed by atoms with van der Waals surface area (Å²) in [5.41, 5.74) is 1.22. The van der Waals surface area contributed by atoms with Gasteiger partial charge in [-0.3, -0.25) is 0 Å². The monoisotopic (exact) mass is 233 g/mol. The minimum absolute atomic E-state index is 0.178. The summed E-state index contributed by atoms with van der Waals surface area (Å²) in [6, 6.07) is 7.85. The summed E-state index contributed by atoms with van der Waals surface area (Å²) in [7, 11) is 0. The summed E-state index contributed by atoms with van der Waals surface area (Å²) in [5, 5.41) is 8.07. The van der Waals surface area contributed by atoms with Crippen LogP contribution in [0.5, 0.6) is 0 Å². The van der Waals surface area contributed by atoms with E-state index in [0.29, 0.717) is 0 Å². The van der Waals surface area contributed by atoms with Crippen molar-refractivity contribution in [3.63, 3.8) is 0 Å².